The minimum Gasteiger partial charge on any atom is -0.495 e. The number of carbonyl (C=O) groups is 2. The molecule has 2 aliphatic carbocycles. The number of nitrogens with one attached hydrogen (secondary N) is 2. The molecule has 0 unspecified atom stereocenters. The predicted octanol–water partition coefficient (Wildman–Crippen LogP) is 4.79. The fourth-order valence-corrected chi connectivity index (χ4v) is 8.40. The summed E-state index contributed by atoms with van der Waals surface area (Å²) >= 11 is 0. The SMILES string of the molecule is CCOC(CN1CCN(C2CCC(NC(=O)c3ccc(Nc4ncc5c(n4)N(C4CCCC4)[C@H](CC)C(=O)N5C)c(OC)c3)CC2)CC1)OCC. The Kier molecular flexibility index (Phi) is 12.7. The molecular formula is C38H58N8O5. The Morgan fingerprint density at radius 1 is 0.961 bits per heavy atom. The first-order valence-corrected chi connectivity index (χ1v) is 19.2. The average Bonchev–Trinajstić information content (AvgIpc) is 3.69. The van der Waals surface area contributed by atoms with Gasteiger partial charge in [-0.25, -0.2) is 4.98 Å². The number of methoxy groups -OCH3 is 1. The Balaban J connectivity index is 1.03. The quantitative estimate of drug-likeness (QED) is 0.264. The standard InChI is InChI=1S/C38H58N8O5/c1-6-31-37(48)43(4)32-24-39-38(42-35(32)46(31)29-11-9-10-12-29)41-30-18-13-26(23-33(30)49-5)36(47)40-27-14-16-28(17-15-27)45-21-19-44(20-22-45)25-34(50-7-2)51-8-3/h13,18,23-24,27-29,31,34H,6-12,14-17,19-22,25H2,1-5H3,(H,40,47)(H,39,41,42)/t27?,28?,31-/m1/s1. The van der Waals surface area contributed by atoms with Crippen LogP contribution in [0, 0.1) is 0 Å². The van der Waals surface area contributed by atoms with Crippen molar-refractivity contribution in [3.8, 4) is 5.75 Å². The Morgan fingerprint density at radius 3 is 2.31 bits per heavy atom. The minimum absolute atomic E-state index is 0.0873. The summed E-state index contributed by atoms with van der Waals surface area (Å²) in [5.74, 6) is 1.73. The van der Waals surface area contributed by atoms with Crippen LogP contribution in [0.2, 0.25) is 0 Å². The molecule has 1 atom stereocenters. The third-order valence-corrected chi connectivity index (χ3v) is 11.2. The van der Waals surface area contributed by atoms with Crippen molar-refractivity contribution in [1.82, 2.24) is 25.1 Å². The molecule has 1 saturated heterocycles. The molecule has 2 saturated carbocycles. The summed E-state index contributed by atoms with van der Waals surface area (Å²) in [6.45, 7) is 12.4. The van der Waals surface area contributed by atoms with Gasteiger partial charge in [0, 0.05) is 76.7 Å². The molecule has 2 N–H and O–H groups in total. The third kappa shape index (κ3) is 8.59. The number of carbonyl (C=O) groups excluding carboxylic acids is 2. The normalized spacial score (nSPS) is 23.5. The zero-order chi connectivity index (χ0) is 35.9. The molecule has 1 aromatic heterocycles. The summed E-state index contributed by atoms with van der Waals surface area (Å²) < 4.78 is 17.2. The Hall–Kier alpha value is -3.52. The summed E-state index contributed by atoms with van der Waals surface area (Å²) in [5.41, 5.74) is 1.94. The molecule has 13 nitrogen and oxygen atoms in total. The van der Waals surface area contributed by atoms with Crippen LogP contribution in [0.15, 0.2) is 24.4 Å². The molecule has 3 fully saturated rings. The smallest absolute Gasteiger partial charge is 0.251 e. The van der Waals surface area contributed by atoms with E-state index in [0.717, 1.165) is 95.6 Å². The van der Waals surface area contributed by atoms with Crippen molar-refractivity contribution < 1.29 is 23.8 Å². The van der Waals surface area contributed by atoms with Crippen LogP contribution < -0.4 is 25.2 Å². The Labute approximate surface area is 303 Å². The fourth-order valence-electron chi connectivity index (χ4n) is 8.40. The monoisotopic (exact) mass is 706 g/mol. The number of likely N-dealkylation sites (N-methyl/N-ethyl adjacent to an activating group) is 1. The lowest BCUT2D eigenvalue weighted by Gasteiger charge is -2.43. The van der Waals surface area contributed by atoms with Gasteiger partial charge in [0.25, 0.3) is 5.91 Å². The van der Waals surface area contributed by atoms with Crippen molar-refractivity contribution in [2.45, 2.75) is 109 Å². The first-order valence-electron chi connectivity index (χ1n) is 19.2. The van der Waals surface area contributed by atoms with Crippen LogP contribution in [0.25, 0.3) is 0 Å². The van der Waals surface area contributed by atoms with E-state index in [2.05, 4.69) is 37.2 Å². The van der Waals surface area contributed by atoms with Gasteiger partial charge in [-0.05, 0) is 77.0 Å². The first-order chi connectivity index (χ1) is 24.8. The molecule has 0 bridgehead atoms. The maximum absolute atomic E-state index is 13.4. The molecule has 6 rings (SSSR count). The zero-order valence-corrected chi connectivity index (χ0v) is 31.2. The van der Waals surface area contributed by atoms with Crippen molar-refractivity contribution in [2.24, 2.45) is 0 Å². The van der Waals surface area contributed by atoms with Crippen LogP contribution in [-0.2, 0) is 14.3 Å². The van der Waals surface area contributed by atoms with E-state index >= 15 is 0 Å². The largest absolute Gasteiger partial charge is 0.495 e. The van der Waals surface area contributed by atoms with Crippen molar-refractivity contribution >= 4 is 35.0 Å². The van der Waals surface area contributed by atoms with Crippen LogP contribution in [0.1, 0.15) is 88.9 Å². The molecule has 2 aliphatic heterocycles. The molecule has 2 amide bonds. The summed E-state index contributed by atoms with van der Waals surface area (Å²) in [7, 11) is 3.40. The molecule has 2 aromatic rings. The van der Waals surface area contributed by atoms with Gasteiger partial charge in [0.2, 0.25) is 11.9 Å². The number of aromatic nitrogens is 2. The zero-order valence-electron chi connectivity index (χ0n) is 31.2. The maximum atomic E-state index is 13.4. The second-order valence-electron chi connectivity index (χ2n) is 14.3. The van der Waals surface area contributed by atoms with Crippen molar-refractivity contribution in [1.29, 1.82) is 0 Å². The summed E-state index contributed by atoms with van der Waals surface area (Å²) in [6, 6.07) is 6.20. The molecule has 4 aliphatic rings. The molecule has 280 valence electrons. The first kappa shape index (κ1) is 37.2. The maximum Gasteiger partial charge on any atom is 0.251 e. The van der Waals surface area contributed by atoms with Gasteiger partial charge >= 0.3 is 0 Å². The van der Waals surface area contributed by atoms with Gasteiger partial charge in [0.05, 0.1) is 19.0 Å². The second-order valence-corrected chi connectivity index (χ2v) is 14.3. The number of ether oxygens (including phenoxy) is 3. The van der Waals surface area contributed by atoms with Gasteiger partial charge < -0.3 is 34.6 Å². The lowest BCUT2D eigenvalue weighted by molar-refractivity contribution is -0.150. The number of benzene rings is 1. The van der Waals surface area contributed by atoms with Gasteiger partial charge in [-0.2, -0.15) is 4.98 Å². The van der Waals surface area contributed by atoms with Crippen LogP contribution in [0.3, 0.4) is 0 Å². The van der Waals surface area contributed by atoms with Crippen LogP contribution in [0.5, 0.6) is 5.75 Å². The molecule has 0 radical (unpaired) electrons. The number of nitrogens with zero attached hydrogens (tertiary/aromatic N) is 6. The average molecular weight is 707 g/mol. The number of hydrogen-bond donors (Lipinski definition) is 2. The van der Waals surface area contributed by atoms with Gasteiger partial charge in [-0.1, -0.05) is 19.8 Å². The highest BCUT2D eigenvalue weighted by molar-refractivity contribution is 6.04. The molecule has 3 heterocycles. The highest BCUT2D eigenvalue weighted by Gasteiger charge is 2.41. The summed E-state index contributed by atoms with van der Waals surface area (Å²) in [6.07, 6.45) is 10.8. The minimum atomic E-state index is -0.239. The van der Waals surface area contributed by atoms with E-state index < -0.39 is 0 Å². The van der Waals surface area contributed by atoms with E-state index in [1.54, 1.807) is 31.3 Å². The Morgan fingerprint density at radius 2 is 1.67 bits per heavy atom. The van der Waals surface area contributed by atoms with Gasteiger partial charge in [0.15, 0.2) is 12.1 Å². The topological polar surface area (TPSA) is 125 Å². The number of fused-ring (bicyclic) bond motifs is 1. The van der Waals surface area contributed by atoms with E-state index in [-0.39, 0.29) is 36.2 Å². The predicted molar refractivity (Wildman–Crippen MR) is 199 cm³/mol. The van der Waals surface area contributed by atoms with E-state index in [4.69, 9.17) is 19.2 Å². The van der Waals surface area contributed by atoms with Crippen molar-refractivity contribution in [2.75, 3.05) is 75.2 Å². The number of amides is 2. The van der Waals surface area contributed by atoms with Crippen LogP contribution in [-0.4, -0.2) is 122 Å². The fraction of sp³-hybridized carbons (Fsp3) is 0.684. The van der Waals surface area contributed by atoms with E-state index in [0.29, 0.717) is 48.6 Å². The van der Waals surface area contributed by atoms with Crippen LogP contribution >= 0.6 is 0 Å². The molecule has 51 heavy (non-hydrogen) atoms. The highest BCUT2D eigenvalue weighted by atomic mass is 16.7. The lowest BCUT2D eigenvalue weighted by atomic mass is 9.89. The Bertz CT molecular complexity index is 1470. The van der Waals surface area contributed by atoms with Gasteiger partial charge in [0.1, 0.15) is 17.5 Å². The highest BCUT2D eigenvalue weighted by Crippen LogP contribution is 2.40. The van der Waals surface area contributed by atoms with Crippen molar-refractivity contribution in [3.63, 3.8) is 0 Å². The summed E-state index contributed by atoms with van der Waals surface area (Å²) in [5, 5.41) is 6.60. The number of rotatable bonds is 14. The second kappa shape index (κ2) is 17.3. The number of anilines is 4. The molecule has 0 spiro atoms. The number of piperazine rings is 1. The third-order valence-electron chi connectivity index (χ3n) is 11.2. The summed E-state index contributed by atoms with van der Waals surface area (Å²) in [4.78, 5) is 45.2. The van der Waals surface area contributed by atoms with Gasteiger partial charge in [-0.15, -0.1) is 0 Å². The van der Waals surface area contributed by atoms with Gasteiger partial charge in [-0.3, -0.25) is 19.4 Å². The lowest BCUT2D eigenvalue weighted by Crippen LogP contribution is -2.55. The van der Waals surface area contributed by atoms with Crippen molar-refractivity contribution in [3.05, 3.63) is 30.0 Å². The molecule has 13 heteroatoms. The van der Waals surface area contributed by atoms with E-state index in [9.17, 15) is 9.59 Å². The van der Waals surface area contributed by atoms with E-state index in [1.165, 1.54) is 0 Å². The number of hydrogen-bond acceptors (Lipinski definition) is 11. The molecular weight excluding hydrogens is 648 g/mol. The molecule has 1 aromatic carbocycles. The van der Waals surface area contributed by atoms with Crippen LogP contribution in [0.4, 0.5) is 23.1 Å². The van der Waals surface area contributed by atoms with E-state index in [1.807, 2.05) is 26.0 Å².